The quantitative estimate of drug-likeness (QED) is 0.752. The third-order valence-corrected chi connectivity index (χ3v) is 7.48. The highest BCUT2D eigenvalue weighted by Crippen LogP contribution is 2.44. The Labute approximate surface area is 190 Å². The van der Waals surface area contributed by atoms with Crippen LogP contribution < -0.4 is 10.2 Å². The van der Waals surface area contributed by atoms with E-state index in [0.29, 0.717) is 17.8 Å². The smallest absolute Gasteiger partial charge is 0.230 e. The van der Waals surface area contributed by atoms with Crippen LogP contribution in [0.25, 0.3) is 0 Å². The third kappa shape index (κ3) is 4.33. The summed E-state index contributed by atoms with van der Waals surface area (Å²) in [6.07, 6.45) is 5.76. The number of nitrogens with one attached hydrogen (secondary N) is 1. The summed E-state index contributed by atoms with van der Waals surface area (Å²) in [7, 11) is 0. The first-order valence-corrected chi connectivity index (χ1v) is 11.9. The van der Waals surface area contributed by atoms with Gasteiger partial charge in [0.25, 0.3) is 0 Å². The van der Waals surface area contributed by atoms with Crippen LogP contribution in [-0.2, 0) is 9.59 Å². The lowest BCUT2D eigenvalue weighted by molar-refractivity contribution is -0.139. The van der Waals surface area contributed by atoms with E-state index in [2.05, 4.69) is 21.2 Å². The van der Waals surface area contributed by atoms with E-state index in [1.54, 1.807) is 6.07 Å². The van der Waals surface area contributed by atoms with E-state index in [4.69, 9.17) is 0 Å². The number of aliphatic hydroxyl groups is 1. The van der Waals surface area contributed by atoms with Gasteiger partial charge in [-0.05, 0) is 63.1 Å². The minimum atomic E-state index is -0.383. The second-order valence-electron chi connectivity index (χ2n) is 10.0. The number of amides is 2. The summed E-state index contributed by atoms with van der Waals surface area (Å²) < 4.78 is 0. The largest absolute Gasteiger partial charge is 0.393 e. The van der Waals surface area contributed by atoms with Gasteiger partial charge in [0.15, 0.2) is 0 Å². The van der Waals surface area contributed by atoms with Gasteiger partial charge in [-0.3, -0.25) is 9.59 Å². The minimum absolute atomic E-state index is 0.0783. The summed E-state index contributed by atoms with van der Waals surface area (Å²) in [5.41, 5.74) is 1.60. The van der Waals surface area contributed by atoms with E-state index in [1.165, 1.54) is 0 Å². The molecule has 1 atom stereocenters. The summed E-state index contributed by atoms with van der Waals surface area (Å²) >= 11 is 0. The zero-order chi connectivity index (χ0) is 22.9. The van der Waals surface area contributed by atoms with E-state index in [9.17, 15) is 20.0 Å². The average molecular weight is 439 g/mol. The van der Waals surface area contributed by atoms with E-state index in [1.807, 2.05) is 26.0 Å². The molecule has 3 aliphatic rings. The molecule has 1 saturated carbocycles. The van der Waals surface area contributed by atoms with Crippen LogP contribution in [-0.4, -0.2) is 53.6 Å². The summed E-state index contributed by atoms with van der Waals surface area (Å²) in [6, 6.07) is 7.99. The first kappa shape index (κ1) is 22.6. The van der Waals surface area contributed by atoms with Gasteiger partial charge < -0.3 is 20.2 Å². The normalized spacial score (nSPS) is 28.3. The van der Waals surface area contributed by atoms with Crippen LogP contribution in [0.5, 0.6) is 0 Å². The SMILES string of the molecule is CC(C)C(=O)Nc1ccc(N2CCCC3(CCN([C@H]4CC[C@H](O)CC4)C3=O)C2)c(C#N)c1. The molecular formula is C25H34N4O3. The fraction of sp³-hybridized carbons (Fsp3) is 0.640. The second-order valence-corrected chi connectivity index (χ2v) is 10.0. The Balaban J connectivity index is 1.50. The third-order valence-electron chi connectivity index (χ3n) is 7.48. The number of nitrogens with zero attached hydrogens (tertiary/aromatic N) is 3. The first-order valence-electron chi connectivity index (χ1n) is 11.9. The van der Waals surface area contributed by atoms with Gasteiger partial charge in [-0.2, -0.15) is 5.26 Å². The molecule has 1 spiro atoms. The molecule has 1 unspecified atom stereocenters. The maximum absolute atomic E-state index is 13.6. The zero-order valence-corrected chi connectivity index (χ0v) is 19.1. The van der Waals surface area contributed by atoms with Crippen molar-refractivity contribution in [2.75, 3.05) is 29.9 Å². The van der Waals surface area contributed by atoms with Gasteiger partial charge in [0.1, 0.15) is 6.07 Å². The van der Waals surface area contributed by atoms with Crippen LogP contribution >= 0.6 is 0 Å². The maximum atomic E-state index is 13.6. The minimum Gasteiger partial charge on any atom is -0.393 e. The molecule has 3 fully saturated rings. The second kappa shape index (κ2) is 9.11. The Kier molecular flexibility index (Phi) is 6.43. The number of carbonyl (C=O) groups is 2. The van der Waals surface area contributed by atoms with Crippen molar-refractivity contribution in [3.63, 3.8) is 0 Å². The summed E-state index contributed by atoms with van der Waals surface area (Å²) in [6.45, 7) is 5.90. The lowest BCUT2D eigenvalue weighted by Crippen LogP contribution is -2.50. The molecule has 1 aromatic carbocycles. The molecule has 2 amide bonds. The molecule has 1 aromatic rings. The van der Waals surface area contributed by atoms with Gasteiger partial charge in [-0.15, -0.1) is 0 Å². The molecule has 0 aromatic heterocycles. The van der Waals surface area contributed by atoms with Crippen LogP contribution in [0.3, 0.4) is 0 Å². The van der Waals surface area contributed by atoms with Crippen LogP contribution in [0.1, 0.15) is 64.4 Å². The fourth-order valence-electron chi connectivity index (χ4n) is 5.55. The molecule has 2 heterocycles. The molecular weight excluding hydrogens is 404 g/mol. The number of piperidine rings is 1. The highest BCUT2D eigenvalue weighted by molar-refractivity contribution is 5.92. The topological polar surface area (TPSA) is 96.7 Å². The number of likely N-dealkylation sites (tertiary alicyclic amines) is 1. The van der Waals surface area contributed by atoms with Crippen molar-refractivity contribution in [1.29, 1.82) is 5.26 Å². The van der Waals surface area contributed by atoms with E-state index >= 15 is 0 Å². The highest BCUT2D eigenvalue weighted by atomic mass is 16.3. The number of benzene rings is 1. The number of anilines is 2. The van der Waals surface area contributed by atoms with Crippen molar-refractivity contribution in [1.82, 2.24) is 4.90 Å². The van der Waals surface area contributed by atoms with Crippen molar-refractivity contribution in [2.24, 2.45) is 11.3 Å². The van der Waals surface area contributed by atoms with Crippen LogP contribution in [0.4, 0.5) is 11.4 Å². The maximum Gasteiger partial charge on any atom is 0.230 e. The first-order chi connectivity index (χ1) is 15.3. The molecule has 0 radical (unpaired) electrons. The van der Waals surface area contributed by atoms with Gasteiger partial charge >= 0.3 is 0 Å². The zero-order valence-electron chi connectivity index (χ0n) is 19.1. The molecule has 32 heavy (non-hydrogen) atoms. The summed E-state index contributed by atoms with van der Waals surface area (Å²) in [5.74, 6) is 0.0410. The highest BCUT2D eigenvalue weighted by Gasteiger charge is 2.50. The van der Waals surface area contributed by atoms with E-state index < -0.39 is 0 Å². The Morgan fingerprint density at radius 3 is 2.66 bits per heavy atom. The van der Waals surface area contributed by atoms with Crippen molar-refractivity contribution in [3.05, 3.63) is 23.8 Å². The predicted molar refractivity (Wildman–Crippen MR) is 123 cm³/mol. The van der Waals surface area contributed by atoms with Gasteiger partial charge in [0.05, 0.1) is 22.8 Å². The van der Waals surface area contributed by atoms with Crippen molar-refractivity contribution < 1.29 is 14.7 Å². The van der Waals surface area contributed by atoms with Crippen molar-refractivity contribution >= 4 is 23.2 Å². The van der Waals surface area contributed by atoms with Gasteiger partial charge in [-0.25, -0.2) is 0 Å². The van der Waals surface area contributed by atoms with E-state index in [-0.39, 0.29) is 35.3 Å². The standard InChI is InChI=1S/C25H34N4O3/c1-17(2)23(31)27-19-4-9-22(18(14-19)15-26)28-12-3-10-25(16-28)11-13-29(24(25)32)20-5-7-21(30)8-6-20/h4,9,14,17,20-21,30H,3,5-8,10-13,16H2,1-2H3,(H,27,31)/t20-,21-,25?. The number of hydrogen-bond acceptors (Lipinski definition) is 5. The lowest BCUT2D eigenvalue weighted by atomic mass is 9.78. The van der Waals surface area contributed by atoms with Crippen LogP contribution in [0, 0.1) is 22.7 Å². The molecule has 0 bridgehead atoms. The van der Waals surface area contributed by atoms with Crippen LogP contribution in [0.15, 0.2) is 18.2 Å². The number of aliphatic hydroxyl groups excluding tert-OH is 1. The molecule has 172 valence electrons. The van der Waals surface area contributed by atoms with Crippen molar-refractivity contribution in [3.8, 4) is 6.07 Å². The van der Waals surface area contributed by atoms with Gasteiger partial charge in [0.2, 0.25) is 11.8 Å². The van der Waals surface area contributed by atoms with Crippen molar-refractivity contribution in [2.45, 2.75) is 70.9 Å². The lowest BCUT2D eigenvalue weighted by Gasteiger charge is -2.41. The Bertz CT molecular complexity index is 916. The number of rotatable bonds is 4. The molecule has 2 aliphatic heterocycles. The molecule has 4 rings (SSSR count). The van der Waals surface area contributed by atoms with Crippen LogP contribution in [0.2, 0.25) is 0 Å². The Morgan fingerprint density at radius 2 is 1.97 bits per heavy atom. The molecule has 2 saturated heterocycles. The number of nitriles is 1. The molecule has 7 heteroatoms. The van der Waals surface area contributed by atoms with E-state index in [0.717, 1.165) is 63.7 Å². The number of hydrogen-bond donors (Lipinski definition) is 2. The monoisotopic (exact) mass is 438 g/mol. The summed E-state index contributed by atoms with van der Waals surface area (Å²) in [5, 5.41) is 22.5. The average Bonchev–Trinajstić information content (AvgIpc) is 3.09. The predicted octanol–water partition coefficient (Wildman–Crippen LogP) is 3.28. The fourth-order valence-corrected chi connectivity index (χ4v) is 5.55. The molecule has 2 N–H and O–H groups in total. The summed E-state index contributed by atoms with van der Waals surface area (Å²) in [4.78, 5) is 29.8. The Hall–Kier alpha value is -2.59. The molecule has 1 aliphatic carbocycles. The Morgan fingerprint density at radius 1 is 1.22 bits per heavy atom. The molecule has 7 nitrogen and oxygen atoms in total. The van der Waals surface area contributed by atoms with Gasteiger partial charge in [0, 0.05) is 37.3 Å². The number of carbonyl (C=O) groups excluding carboxylic acids is 2. The van der Waals surface area contributed by atoms with Gasteiger partial charge in [-0.1, -0.05) is 13.8 Å².